The van der Waals surface area contributed by atoms with E-state index in [1.807, 2.05) is 12.1 Å². The number of aryl methyl sites for hydroxylation is 1. The highest BCUT2D eigenvalue weighted by Gasteiger charge is 2.47. The summed E-state index contributed by atoms with van der Waals surface area (Å²) in [4.78, 5) is 7.64. The average molecular weight is 418 g/mol. The summed E-state index contributed by atoms with van der Waals surface area (Å²) in [5.41, 5.74) is 6.76. The first-order chi connectivity index (χ1) is 15.7. The SMILES string of the molecule is CCc1nc2c(N3c4ccccc4C4(C)C=CC=CC34)ccc3c2n1-c1ccccc1O3. The van der Waals surface area contributed by atoms with E-state index in [-0.39, 0.29) is 11.5 Å². The van der Waals surface area contributed by atoms with Gasteiger partial charge in [0.1, 0.15) is 16.9 Å². The molecular weight excluding hydrogens is 394 g/mol. The van der Waals surface area contributed by atoms with Gasteiger partial charge in [-0.25, -0.2) is 4.98 Å². The molecule has 0 saturated heterocycles. The van der Waals surface area contributed by atoms with Crippen LogP contribution in [-0.2, 0) is 11.8 Å². The van der Waals surface area contributed by atoms with E-state index in [9.17, 15) is 0 Å². The molecule has 156 valence electrons. The lowest BCUT2D eigenvalue weighted by Crippen LogP contribution is -2.39. The summed E-state index contributed by atoms with van der Waals surface area (Å²) in [7, 11) is 0. The van der Waals surface area contributed by atoms with E-state index >= 15 is 0 Å². The second-order valence-electron chi connectivity index (χ2n) is 8.93. The second-order valence-corrected chi connectivity index (χ2v) is 8.93. The van der Waals surface area contributed by atoms with Crippen LogP contribution in [0.3, 0.4) is 0 Å². The maximum absolute atomic E-state index is 6.32. The highest BCUT2D eigenvalue weighted by atomic mass is 16.5. The summed E-state index contributed by atoms with van der Waals surface area (Å²) >= 11 is 0. The fraction of sp³-hybridized carbons (Fsp3) is 0.179. The van der Waals surface area contributed by atoms with Gasteiger partial charge in [-0.15, -0.1) is 0 Å². The Morgan fingerprint density at radius 2 is 1.72 bits per heavy atom. The molecule has 3 aliphatic rings. The van der Waals surface area contributed by atoms with Crippen LogP contribution in [-0.4, -0.2) is 15.6 Å². The van der Waals surface area contributed by atoms with Crippen molar-refractivity contribution in [3.05, 3.63) is 96.4 Å². The number of benzene rings is 3. The number of allylic oxidation sites excluding steroid dienone is 2. The number of para-hydroxylation sites is 3. The Labute approximate surface area is 187 Å². The third-order valence-electron chi connectivity index (χ3n) is 7.20. The Kier molecular flexibility index (Phi) is 3.42. The maximum Gasteiger partial charge on any atom is 0.153 e. The molecule has 4 aromatic rings. The smallest absolute Gasteiger partial charge is 0.153 e. The first kappa shape index (κ1) is 17.8. The van der Waals surface area contributed by atoms with Gasteiger partial charge >= 0.3 is 0 Å². The lowest BCUT2D eigenvalue weighted by atomic mass is 9.76. The van der Waals surface area contributed by atoms with E-state index in [0.29, 0.717) is 0 Å². The average Bonchev–Trinajstić information content (AvgIpc) is 3.35. The van der Waals surface area contributed by atoms with Crippen molar-refractivity contribution in [2.75, 3.05) is 4.90 Å². The Bertz CT molecular complexity index is 1480. The molecule has 0 spiro atoms. The third-order valence-corrected chi connectivity index (χ3v) is 7.20. The van der Waals surface area contributed by atoms with Gasteiger partial charge in [0.2, 0.25) is 0 Å². The molecule has 0 radical (unpaired) electrons. The molecule has 4 nitrogen and oxygen atoms in total. The Morgan fingerprint density at radius 3 is 2.59 bits per heavy atom. The third kappa shape index (κ3) is 2.09. The minimum absolute atomic E-state index is 0.0767. The van der Waals surface area contributed by atoms with Crippen LogP contribution in [0, 0.1) is 0 Å². The summed E-state index contributed by atoms with van der Waals surface area (Å²) in [6, 6.07) is 21.5. The number of anilines is 2. The minimum atomic E-state index is -0.0767. The summed E-state index contributed by atoms with van der Waals surface area (Å²) in [6.07, 6.45) is 9.83. The van der Waals surface area contributed by atoms with Crippen LogP contribution < -0.4 is 9.64 Å². The monoisotopic (exact) mass is 417 g/mol. The molecule has 7 rings (SSSR count). The molecule has 2 atom stereocenters. The molecule has 0 amide bonds. The zero-order valence-corrected chi connectivity index (χ0v) is 18.1. The van der Waals surface area contributed by atoms with Crippen molar-refractivity contribution in [2.45, 2.75) is 31.7 Å². The normalized spacial score (nSPS) is 21.9. The number of hydrogen-bond acceptors (Lipinski definition) is 3. The molecule has 1 aromatic heterocycles. The van der Waals surface area contributed by atoms with Crippen LogP contribution in [0.5, 0.6) is 11.5 Å². The van der Waals surface area contributed by atoms with Crippen molar-refractivity contribution >= 4 is 22.4 Å². The van der Waals surface area contributed by atoms with E-state index in [0.717, 1.165) is 46.2 Å². The number of imidazole rings is 1. The highest BCUT2D eigenvalue weighted by molar-refractivity contribution is 5.99. The standard InChI is InChI=1S/C28H23N3O/c1-3-25-29-26-21(15-16-23-27(26)31(25)20-12-6-7-13-22(20)32-23)30-19-11-5-4-10-18(19)28(2)17-9-8-14-24(28)30/h4-17,24H,3H2,1-2H3. The van der Waals surface area contributed by atoms with E-state index < -0.39 is 0 Å². The number of ether oxygens (including phenoxy) is 1. The van der Waals surface area contributed by atoms with Crippen LogP contribution in [0.1, 0.15) is 25.2 Å². The summed E-state index contributed by atoms with van der Waals surface area (Å²) in [5, 5.41) is 0. The fourth-order valence-electron chi connectivity index (χ4n) is 5.70. The van der Waals surface area contributed by atoms with Crippen LogP contribution >= 0.6 is 0 Å². The topological polar surface area (TPSA) is 30.3 Å². The predicted molar refractivity (Wildman–Crippen MR) is 129 cm³/mol. The lowest BCUT2D eigenvalue weighted by molar-refractivity contribution is 0.474. The van der Waals surface area contributed by atoms with Gasteiger partial charge in [-0.05, 0) is 42.8 Å². The summed E-state index contributed by atoms with van der Waals surface area (Å²) in [6.45, 7) is 4.50. The van der Waals surface area contributed by atoms with E-state index in [2.05, 4.69) is 96.1 Å². The van der Waals surface area contributed by atoms with Gasteiger partial charge in [-0.2, -0.15) is 0 Å². The molecule has 3 aromatic carbocycles. The van der Waals surface area contributed by atoms with Crippen molar-refractivity contribution in [3.63, 3.8) is 0 Å². The largest absolute Gasteiger partial charge is 0.453 e. The molecule has 2 unspecified atom stereocenters. The van der Waals surface area contributed by atoms with Crippen molar-refractivity contribution in [3.8, 4) is 17.2 Å². The molecular formula is C28H23N3O. The summed E-state index contributed by atoms with van der Waals surface area (Å²) < 4.78 is 8.60. The first-order valence-corrected chi connectivity index (χ1v) is 11.3. The van der Waals surface area contributed by atoms with Gasteiger partial charge in [-0.1, -0.05) is 61.6 Å². The van der Waals surface area contributed by atoms with Crippen LogP contribution in [0.2, 0.25) is 0 Å². The molecule has 0 fully saturated rings. The number of hydrogen-bond donors (Lipinski definition) is 0. The molecule has 0 N–H and O–H groups in total. The molecule has 32 heavy (non-hydrogen) atoms. The van der Waals surface area contributed by atoms with Crippen LogP contribution in [0.15, 0.2) is 85.0 Å². The van der Waals surface area contributed by atoms with Crippen molar-refractivity contribution in [2.24, 2.45) is 0 Å². The second kappa shape index (κ2) is 6.13. The molecule has 3 heterocycles. The summed E-state index contributed by atoms with van der Waals surface area (Å²) in [5.74, 6) is 2.80. The molecule has 2 aliphatic heterocycles. The van der Waals surface area contributed by atoms with Gasteiger partial charge < -0.3 is 9.64 Å². The quantitative estimate of drug-likeness (QED) is 0.324. The molecule has 4 heteroatoms. The zero-order valence-electron chi connectivity index (χ0n) is 18.1. The minimum Gasteiger partial charge on any atom is -0.453 e. The van der Waals surface area contributed by atoms with Crippen LogP contribution in [0.25, 0.3) is 16.7 Å². The maximum atomic E-state index is 6.32. The van der Waals surface area contributed by atoms with Gasteiger partial charge in [0.15, 0.2) is 11.5 Å². The lowest BCUT2D eigenvalue weighted by Gasteiger charge is -2.35. The van der Waals surface area contributed by atoms with E-state index in [4.69, 9.17) is 9.72 Å². The Hall–Kier alpha value is -3.79. The van der Waals surface area contributed by atoms with Crippen molar-refractivity contribution < 1.29 is 4.74 Å². The number of nitrogens with zero attached hydrogens (tertiary/aromatic N) is 3. The first-order valence-electron chi connectivity index (χ1n) is 11.3. The van der Waals surface area contributed by atoms with Gasteiger partial charge in [0.05, 0.1) is 17.4 Å². The van der Waals surface area contributed by atoms with Crippen molar-refractivity contribution in [1.82, 2.24) is 9.55 Å². The van der Waals surface area contributed by atoms with E-state index in [1.54, 1.807) is 0 Å². The van der Waals surface area contributed by atoms with Gasteiger partial charge in [-0.3, -0.25) is 4.57 Å². The van der Waals surface area contributed by atoms with Gasteiger partial charge in [0.25, 0.3) is 0 Å². The fourth-order valence-corrected chi connectivity index (χ4v) is 5.70. The molecule has 0 saturated carbocycles. The highest BCUT2D eigenvalue weighted by Crippen LogP contribution is 2.53. The van der Waals surface area contributed by atoms with Gasteiger partial charge in [0, 0.05) is 17.5 Å². The van der Waals surface area contributed by atoms with E-state index in [1.165, 1.54) is 11.3 Å². The Morgan fingerprint density at radius 1 is 0.906 bits per heavy atom. The zero-order chi connectivity index (χ0) is 21.4. The molecule has 0 bridgehead atoms. The Balaban J connectivity index is 1.53. The number of aromatic nitrogens is 2. The predicted octanol–water partition coefficient (Wildman–Crippen LogP) is 6.60. The van der Waals surface area contributed by atoms with Crippen LogP contribution in [0.4, 0.5) is 11.4 Å². The number of fused-ring (bicyclic) bond motifs is 5. The molecule has 1 aliphatic carbocycles. The number of rotatable bonds is 2. The van der Waals surface area contributed by atoms with Crippen molar-refractivity contribution in [1.29, 1.82) is 0 Å².